The number of aldehydes is 1. The summed E-state index contributed by atoms with van der Waals surface area (Å²) in [4.78, 5) is 33.4. The van der Waals surface area contributed by atoms with Gasteiger partial charge in [-0.05, 0) is 12.1 Å². The van der Waals surface area contributed by atoms with E-state index in [1.807, 2.05) is 30.3 Å². The largest absolute Gasteiger partial charge is 0.480 e. The van der Waals surface area contributed by atoms with E-state index in [-0.39, 0.29) is 19.6 Å². The first-order valence-electron chi connectivity index (χ1n) is 8.62. The molecule has 0 aliphatic heterocycles. The number of fused-ring (bicyclic) bond motifs is 1. The lowest BCUT2D eigenvalue weighted by Gasteiger charge is -2.14. The number of imidazole rings is 1. The Labute approximate surface area is 160 Å². The van der Waals surface area contributed by atoms with Crippen LogP contribution in [0.3, 0.4) is 0 Å². The summed E-state index contributed by atoms with van der Waals surface area (Å²) >= 11 is 0. The first-order chi connectivity index (χ1) is 13.6. The van der Waals surface area contributed by atoms with Gasteiger partial charge < -0.3 is 29.7 Å². The number of hydrogen-bond acceptors (Lipinski definition) is 6. The van der Waals surface area contributed by atoms with E-state index >= 15 is 0 Å². The number of carboxylic acid groups (broad SMARTS) is 1. The fourth-order valence-corrected chi connectivity index (χ4v) is 2.77. The fourth-order valence-electron chi connectivity index (χ4n) is 2.77. The summed E-state index contributed by atoms with van der Waals surface area (Å²) in [5.41, 5.74) is 2.14. The molecule has 0 spiro atoms. The molecule has 1 amide bonds. The number of carbonyl (C=O) groups is 2. The molecule has 0 aliphatic carbocycles. The van der Waals surface area contributed by atoms with E-state index in [0.29, 0.717) is 23.0 Å². The van der Waals surface area contributed by atoms with Crippen molar-refractivity contribution in [2.75, 3.05) is 20.3 Å². The number of H-pyrrole nitrogens is 1. The number of nitrogens with one attached hydrogen (secondary N) is 2. The van der Waals surface area contributed by atoms with Gasteiger partial charge in [0.2, 0.25) is 5.88 Å². The molecule has 3 N–H and O–H groups in total. The molecule has 28 heavy (non-hydrogen) atoms. The number of benzene rings is 1. The Hall–Kier alpha value is -3.46. The van der Waals surface area contributed by atoms with Crippen LogP contribution in [0.5, 0.6) is 5.88 Å². The monoisotopic (exact) mass is 384 g/mol. The molecule has 0 fully saturated rings. The third-order valence-corrected chi connectivity index (χ3v) is 4.06. The second kappa shape index (κ2) is 8.96. The molecular weight excluding hydrogens is 364 g/mol. The molecule has 0 saturated carbocycles. The van der Waals surface area contributed by atoms with Gasteiger partial charge in [0.05, 0.1) is 43.3 Å². The van der Waals surface area contributed by atoms with Crippen LogP contribution < -0.4 is 10.1 Å². The van der Waals surface area contributed by atoms with Crippen LogP contribution in [-0.4, -0.2) is 52.8 Å². The summed E-state index contributed by atoms with van der Waals surface area (Å²) in [7, 11) is 1.54. The van der Waals surface area contributed by atoms with Gasteiger partial charge in [0.1, 0.15) is 18.2 Å². The topological polar surface area (TPSA) is 126 Å². The van der Waals surface area contributed by atoms with Gasteiger partial charge in [-0.1, -0.05) is 18.2 Å². The molecule has 9 heteroatoms. The predicted molar refractivity (Wildman–Crippen MR) is 101 cm³/mol. The van der Waals surface area contributed by atoms with E-state index in [1.165, 1.54) is 7.11 Å². The maximum atomic E-state index is 11.1. The SMILES string of the molecule is COc1nc2ccccc2cc1-c1cnc(C(COCCC=O)NC(=O)O)[nH]1. The van der Waals surface area contributed by atoms with E-state index in [1.54, 1.807) is 6.20 Å². The van der Waals surface area contributed by atoms with Crippen LogP contribution in [0.25, 0.3) is 22.2 Å². The van der Waals surface area contributed by atoms with E-state index in [2.05, 4.69) is 20.3 Å². The molecule has 9 nitrogen and oxygen atoms in total. The van der Waals surface area contributed by atoms with Crippen molar-refractivity contribution in [3.8, 4) is 17.1 Å². The molecular formula is C19H20N4O5. The fraction of sp³-hybridized carbons (Fsp3) is 0.263. The minimum absolute atomic E-state index is 0.0419. The van der Waals surface area contributed by atoms with Gasteiger partial charge in [-0.3, -0.25) is 0 Å². The van der Waals surface area contributed by atoms with Gasteiger partial charge in [0, 0.05) is 11.8 Å². The molecule has 1 unspecified atom stereocenters. The maximum Gasteiger partial charge on any atom is 0.405 e. The van der Waals surface area contributed by atoms with Crippen LogP contribution in [0.4, 0.5) is 4.79 Å². The van der Waals surface area contributed by atoms with Crippen LogP contribution >= 0.6 is 0 Å². The van der Waals surface area contributed by atoms with Crippen LogP contribution in [0.2, 0.25) is 0 Å². The molecule has 2 aromatic heterocycles. The molecule has 2 heterocycles. The van der Waals surface area contributed by atoms with E-state index in [0.717, 1.165) is 17.2 Å². The first-order valence-corrected chi connectivity index (χ1v) is 8.62. The minimum atomic E-state index is -1.20. The molecule has 3 rings (SSSR count). The zero-order chi connectivity index (χ0) is 19.9. The summed E-state index contributed by atoms with van der Waals surface area (Å²) in [6, 6.07) is 8.87. The Morgan fingerprint density at radius 1 is 1.39 bits per heavy atom. The highest BCUT2D eigenvalue weighted by atomic mass is 16.5. The van der Waals surface area contributed by atoms with Gasteiger partial charge in [0.15, 0.2) is 0 Å². The van der Waals surface area contributed by atoms with Crippen LogP contribution in [-0.2, 0) is 9.53 Å². The highest BCUT2D eigenvalue weighted by molar-refractivity contribution is 5.85. The Kier molecular flexibility index (Phi) is 6.18. The van der Waals surface area contributed by atoms with Crippen LogP contribution in [0, 0.1) is 0 Å². The van der Waals surface area contributed by atoms with Crippen molar-refractivity contribution in [1.82, 2.24) is 20.3 Å². The van der Waals surface area contributed by atoms with E-state index in [4.69, 9.17) is 14.6 Å². The lowest BCUT2D eigenvalue weighted by Crippen LogP contribution is -2.31. The zero-order valence-electron chi connectivity index (χ0n) is 15.2. The number of aromatic amines is 1. The van der Waals surface area contributed by atoms with Gasteiger partial charge >= 0.3 is 6.09 Å². The highest BCUT2D eigenvalue weighted by Gasteiger charge is 2.20. The maximum absolute atomic E-state index is 11.1. The first kappa shape index (κ1) is 19.3. The second-order valence-corrected chi connectivity index (χ2v) is 5.95. The van der Waals surface area contributed by atoms with Gasteiger partial charge in [-0.15, -0.1) is 0 Å². The van der Waals surface area contributed by atoms with E-state index < -0.39 is 12.1 Å². The number of ether oxygens (including phenoxy) is 2. The number of carbonyl (C=O) groups excluding carboxylic acids is 1. The quantitative estimate of drug-likeness (QED) is 0.382. The predicted octanol–water partition coefficient (Wildman–Crippen LogP) is 2.55. The zero-order valence-corrected chi connectivity index (χ0v) is 15.2. The Bertz CT molecular complexity index is 972. The Balaban J connectivity index is 1.89. The molecule has 0 aliphatic rings. The second-order valence-electron chi connectivity index (χ2n) is 5.95. The number of methoxy groups -OCH3 is 1. The van der Waals surface area contributed by atoms with Crippen molar-refractivity contribution in [2.45, 2.75) is 12.5 Å². The van der Waals surface area contributed by atoms with Crippen molar-refractivity contribution in [1.29, 1.82) is 0 Å². The third-order valence-electron chi connectivity index (χ3n) is 4.06. The molecule has 0 radical (unpaired) electrons. The van der Waals surface area contributed by atoms with Gasteiger partial charge in [-0.25, -0.2) is 14.8 Å². The van der Waals surface area contributed by atoms with Crippen molar-refractivity contribution in [2.24, 2.45) is 0 Å². The number of aromatic nitrogens is 3. The summed E-state index contributed by atoms with van der Waals surface area (Å²) in [6.45, 7) is 0.248. The lowest BCUT2D eigenvalue weighted by molar-refractivity contribution is -0.108. The molecule has 3 aromatic rings. The molecule has 146 valence electrons. The van der Waals surface area contributed by atoms with Crippen LogP contribution in [0.15, 0.2) is 36.5 Å². The average molecular weight is 384 g/mol. The highest BCUT2D eigenvalue weighted by Crippen LogP contribution is 2.31. The average Bonchev–Trinajstić information content (AvgIpc) is 3.19. The number of para-hydroxylation sites is 1. The van der Waals surface area contributed by atoms with Crippen molar-refractivity contribution in [3.05, 3.63) is 42.4 Å². The Morgan fingerprint density at radius 2 is 2.21 bits per heavy atom. The van der Waals surface area contributed by atoms with Gasteiger partial charge in [0.25, 0.3) is 0 Å². The van der Waals surface area contributed by atoms with Gasteiger partial charge in [-0.2, -0.15) is 0 Å². The lowest BCUT2D eigenvalue weighted by atomic mass is 10.1. The summed E-state index contributed by atoms with van der Waals surface area (Å²) in [6.07, 6.45) is 1.37. The van der Waals surface area contributed by atoms with E-state index in [9.17, 15) is 9.59 Å². The van der Waals surface area contributed by atoms with Crippen molar-refractivity contribution < 1.29 is 24.2 Å². The normalized spacial score (nSPS) is 11.9. The Morgan fingerprint density at radius 3 is 2.96 bits per heavy atom. The summed E-state index contributed by atoms with van der Waals surface area (Å²) < 4.78 is 10.8. The number of rotatable bonds is 9. The molecule has 1 atom stereocenters. The number of nitrogens with zero attached hydrogens (tertiary/aromatic N) is 2. The van der Waals surface area contributed by atoms with Crippen LogP contribution in [0.1, 0.15) is 18.3 Å². The summed E-state index contributed by atoms with van der Waals surface area (Å²) in [5.74, 6) is 0.817. The number of pyridine rings is 1. The van der Waals surface area contributed by atoms with Crippen molar-refractivity contribution >= 4 is 23.3 Å². The number of hydrogen-bond donors (Lipinski definition) is 3. The van der Waals surface area contributed by atoms with Crippen molar-refractivity contribution in [3.63, 3.8) is 0 Å². The summed E-state index contributed by atoms with van der Waals surface area (Å²) in [5, 5.41) is 12.4. The smallest absolute Gasteiger partial charge is 0.405 e. The standard InChI is InChI=1S/C19H20N4O5/c1-27-18-13(9-12-5-2-3-6-14(12)22-18)15-10-20-17(21-15)16(23-19(25)26)11-28-8-4-7-24/h2-3,5-7,9-10,16,23H,4,8,11H2,1H3,(H,20,21)(H,25,26). The number of amides is 1. The minimum Gasteiger partial charge on any atom is -0.480 e. The molecule has 0 bridgehead atoms. The third kappa shape index (κ3) is 4.44. The molecule has 0 saturated heterocycles. The molecule has 1 aromatic carbocycles.